The molecule has 2 heteroatoms. The second-order valence-electron chi connectivity index (χ2n) is 3.00. The molecule has 0 aliphatic carbocycles. The highest BCUT2D eigenvalue weighted by molar-refractivity contribution is 4.67. The summed E-state index contributed by atoms with van der Waals surface area (Å²) in [6, 6.07) is 0. The molecule has 1 atom stereocenters. The van der Waals surface area contributed by atoms with Gasteiger partial charge in [0.25, 0.3) is 0 Å². The first-order valence-electron chi connectivity index (χ1n) is 4.35. The van der Waals surface area contributed by atoms with Crippen molar-refractivity contribution in [2.45, 2.75) is 32.4 Å². The van der Waals surface area contributed by atoms with E-state index in [1.54, 1.807) is 0 Å². The van der Waals surface area contributed by atoms with Gasteiger partial charge in [-0.05, 0) is 19.8 Å². The molecule has 0 amide bonds. The minimum atomic E-state index is 0.216. The van der Waals surface area contributed by atoms with Gasteiger partial charge in [-0.15, -0.1) is 0 Å². The first-order chi connectivity index (χ1) is 5.34. The predicted molar refractivity (Wildman–Crippen MR) is 46.2 cm³/mol. The zero-order chi connectivity index (χ0) is 8.10. The lowest BCUT2D eigenvalue weighted by Gasteiger charge is -2.31. The van der Waals surface area contributed by atoms with Gasteiger partial charge in [-0.1, -0.05) is 13.0 Å². The van der Waals surface area contributed by atoms with Gasteiger partial charge in [0.15, 0.2) is 0 Å². The van der Waals surface area contributed by atoms with Crippen LogP contribution >= 0.6 is 0 Å². The molecule has 11 heavy (non-hydrogen) atoms. The minimum Gasteiger partial charge on any atom is -0.484 e. The molecule has 64 valence electrons. The third-order valence-corrected chi connectivity index (χ3v) is 2.20. The molecule has 0 spiro atoms. The smallest absolute Gasteiger partial charge is 0.148 e. The molecule has 0 N–H and O–H groups in total. The summed E-state index contributed by atoms with van der Waals surface area (Å²) < 4.78 is 5.27. The number of ether oxygens (including phenoxy) is 1. The highest BCUT2D eigenvalue weighted by Crippen LogP contribution is 2.12. The molecule has 0 radical (unpaired) electrons. The zero-order valence-electron chi connectivity index (χ0n) is 7.25. The molecule has 1 rings (SSSR count). The predicted octanol–water partition coefficient (Wildman–Crippen LogP) is 1.98. The van der Waals surface area contributed by atoms with E-state index in [-0.39, 0.29) is 6.23 Å². The van der Waals surface area contributed by atoms with Crippen LogP contribution in [-0.2, 0) is 4.74 Å². The van der Waals surface area contributed by atoms with E-state index in [0.717, 1.165) is 0 Å². The van der Waals surface area contributed by atoms with Crippen molar-refractivity contribution in [2.24, 2.45) is 0 Å². The van der Waals surface area contributed by atoms with E-state index in [1.807, 2.05) is 0 Å². The van der Waals surface area contributed by atoms with Crippen molar-refractivity contribution in [3.05, 3.63) is 12.8 Å². The van der Waals surface area contributed by atoms with Crippen molar-refractivity contribution in [2.75, 3.05) is 13.1 Å². The molecular formula is C9H17NO. The Morgan fingerprint density at radius 1 is 1.36 bits per heavy atom. The molecule has 0 saturated carbocycles. The van der Waals surface area contributed by atoms with Crippen molar-refractivity contribution in [1.82, 2.24) is 4.90 Å². The van der Waals surface area contributed by atoms with Gasteiger partial charge in [0, 0.05) is 13.1 Å². The number of hydrogen-bond donors (Lipinski definition) is 0. The summed E-state index contributed by atoms with van der Waals surface area (Å²) in [6.45, 7) is 7.97. The lowest BCUT2D eigenvalue weighted by atomic mass is 10.1. The van der Waals surface area contributed by atoms with E-state index in [2.05, 4.69) is 18.4 Å². The highest BCUT2D eigenvalue weighted by atomic mass is 16.5. The quantitative estimate of drug-likeness (QED) is 0.578. The second-order valence-corrected chi connectivity index (χ2v) is 3.00. The fourth-order valence-corrected chi connectivity index (χ4v) is 1.51. The molecule has 1 saturated heterocycles. The average Bonchev–Trinajstić information content (AvgIpc) is 2.07. The van der Waals surface area contributed by atoms with Gasteiger partial charge in [0.05, 0.1) is 6.26 Å². The van der Waals surface area contributed by atoms with Gasteiger partial charge in [-0.2, -0.15) is 0 Å². The summed E-state index contributed by atoms with van der Waals surface area (Å²) in [7, 11) is 0. The molecule has 0 aromatic rings. The van der Waals surface area contributed by atoms with Crippen LogP contribution in [0.4, 0.5) is 0 Å². The maximum atomic E-state index is 5.27. The Hall–Kier alpha value is -0.500. The lowest BCUT2D eigenvalue weighted by molar-refractivity contribution is -0.00494. The number of piperidine rings is 1. The highest BCUT2D eigenvalue weighted by Gasteiger charge is 2.15. The Balaban J connectivity index is 2.26. The van der Waals surface area contributed by atoms with Crippen molar-refractivity contribution in [3.8, 4) is 0 Å². The van der Waals surface area contributed by atoms with Crippen LogP contribution in [0.25, 0.3) is 0 Å². The largest absolute Gasteiger partial charge is 0.484 e. The van der Waals surface area contributed by atoms with Crippen molar-refractivity contribution in [1.29, 1.82) is 0 Å². The first kappa shape index (κ1) is 8.60. The van der Waals surface area contributed by atoms with Crippen LogP contribution in [0.5, 0.6) is 0 Å². The number of nitrogens with zero attached hydrogens (tertiary/aromatic N) is 1. The normalized spacial score (nSPS) is 22.6. The molecular weight excluding hydrogens is 138 g/mol. The van der Waals surface area contributed by atoms with E-state index in [0.29, 0.717) is 0 Å². The van der Waals surface area contributed by atoms with E-state index in [4.69, 9.17) is 4.74 Å². The third-order valence-electron chi connectivity index (χ3n) is 2.20. The fourth-order valence-electron chi connectivity index (χ4n) is 1.51. The first-order valence-corrected chi connectivity index (χ1v) is 4.35. The summed E-state index contributed by atoms with van der Waals surface area (Å²) in [6.07, 6.45) is 5.74. The topological polar surface area (TPSA) is 12.5 Å². The van der Waals surface area contributed by atoms with Gasteiger partial charge in [0.2, 0.25) is 0 Å². The molecule has 1 fully saturated rings. The minimum absolute atomic E-state index is 0.216. The second kappa shape index (κ2) is 4.39. The van der Waals surface area contributed by atoms with Crippen LogP contribution < -0.4 is 0 Å². The van der Waals surface area contributed by atoms with Gasteiger partial charge in [0.1, 0.15) is 6.23 Å². The Bertz CT molecular complexity index is 119. The van der Waals surface area contributed by atoms with Crippen LogP contribution in [0.15, 0.2) is 12.8 Å². The van der Waals surface area contributed by atoms with Gasteiger partial charge in [-0.25, -0.2) is 0 Å². The summed E-state index contributed by atoms with van der Waals surface area (Å²) in [5, 5.41) is 0. The van der Waals surface area contributed by atoms with Gasteiger partial charge < -0.3 is 4.74 Å². The number of rotatable bonds is 3. The van der Waals surface area contributed by atoms with Crippen LogP contribution in [0, 0.1) is 0 Å². The zero-order valence-corrected chi connectivity index (χ0v) is 7.25. The van der Waals surface area contributed by atoms with E-state index in [9.17, 15) is 0 Å². The Morgan fingerprint density at radius 3 is 2.55 bits per heavy atom. The van der Waals surface area contributed by atoms with Crippen molar-refractivity contribution < 1.29 is 4.74 Å². The lowest BCUT2D eigenvalue weighted by Crippen LogP contribution is -2.38. The summed E-state index contributed by atoms with van der Waals surface area (Å²) >= 11 is 0. The molecule has 1 heterocycles. The SMILES string of the molecule is C=COC(C)N1CCCCC1. The van der Waals surface area contributed by atoms with E-state index >= 15 is 0 Å². The molecule has 1 unspecified atom stereocenters. The third kappa shape index (κ3) is 2.54. The van der Waals surface area contributed by atoms with Crippen LogP contribution in [-0.4, -0.2) is 24.2 Å². The standard InChI is InChI=1S/C9H17NO/c1-3-11-9(2)10-7-5-4-6-8-10/h3,9H,1,4-8H2,2H3. The molecule has 0 aromatic carbocycles. The van der Waals surface area contributed by atoms with Gasteiger partial charge >= 0.3 is 0 Å². The number of hydrogen-bond acceptors (Lipinski definition) is 2. The van der Waals surface area contributed by atoms with Crippen molar-refractivity contribution in [3.63, 3.8) is 0 Å². The fraction of sp³-hybridized carbons (Fsp3) is 0.778. The Morgan fingerprint density at radius 2 is 2.00 bits per heavy atom. The summed E-state index contributed by atoms with van der Waals surface area (Å²) in [5.41, 5.74) is 0. The van der Waals surface area contributed by atoms with Crippen LogP contribution in [0.2, 0.25) is 0 Å². The molecule has 1 aliphatic heterocycles. The van der Waals surface area contributed by atoms with Crippen molar-refractivity contribution >= 4 is 0 Å². The van der Waals surface area contributed by atoms with Crippen LogP contribution in [0.1, 0.15) is 26.2 Å². The molecule has 0 bridgehead atoms. The summed E-state index contributed by atoms with van der Waals surface area (Å²) in [4.78, 5) is 2.35. The monoisotopic (exact) mass is 155 g/mol. The van der Waals surface area contributed by atoms with Crippen LogP contribution in [0.3, 0.4) is 0 Å². The maximum Gasteiger partial charge on any atom is 0.148 e. The maximum absolute atomic E-state index is 5.27. The van der Waals surface area contributed by atoms with E-state index in [1.165, 1.54) is 38.6 Å². The molecule has 0 aromatic heterocycles. The molecule has 1 aliphatic rings. The number of likely N-dealkylation sites (tertiary alicyclic amines) is 1. The summed E-state index contributed by atoms with van der Waals surface area (Å²) in [5.74, 6) is 0. The average molecular weight is 155 g/mol. The Kier molecular flexibility index (Phi) is 3.43. The molecule has 2 nitrogen and oxygen atoms in total. The van der Waals surface area contributed by atoms with E-state index < -0.39 is 0 Å². The van der Waals surface area contributed by atoms with Gasteiger partial charge in [-0.3, -0.25) is 4.90 Å². The Labute approximate surface area is 68.8 Å².